The van der Waals surface area contributed by atoms with Crippen molar-refractivity contribution >= 4 is 31.9 Å². The molecule has 1 atom stereocenters. The number of methoxy groups -OCH3 is 1. The Balaban J connectivity index is 2.49. The highest BCUT2D eigenvalue weighted by Crippen LogP contribution is 2.34. The van der Waals surface area contributed by atoms with E-state index < -0.39 is 11.9 Å². The zero-order chi connectivity index (χ0) is 14.0. The Morgan fingerprint density at radius 2 is 1.95 bits per heavy atom. The summed E-state index contributed by atoms with van der Waals surface area (Å²) in [5, 5.41) is 10.4. The van der Waals surface area contributed by atoms with E-state index in [4.69, 9.17) is 4.74 Å². The van der Waals surface area contributed by atoms with Crippen molar-refractivity contribution in [2.75, 3.05) is 7.11 Å². The maximum Gasteiger partial charge on any atom is 0.141 e. The number of hydrogen-bond donors (Lipinski definition) is 1. The topological polar surface area (TPSA) is 29.5 Å². The molecule has 100 valence electrons. The molecular weight excluding hydrogens is 379 g/mol. The maximum atomic E-state index is 13.5. The van der Waals surface area contributed by atoms with Gasteiger partial charge in [-0.25, -0.2) is 4.39 Å². The number of rotatable bonds is 3. The van der Waals surface area contributed by atoms with Crippen molar-refractivity contribution in [2.45, 2.75) is 6.10 Å². The summed E-state index contributed by atoms with van der Waals surface area (Å²) in [4.78, 5) is 0. The minimum absolute atomic E-state index is 0.289. The number of aliphatic hydroxyl groups excluding tert-OH is 1. The smallest absolute Gasteiger partial charge is 0.141 e. The molecule has 0 amide bonds. The van der Waals surface area contributed by atoms with E-state index in [-0.39, 0.29) is 4.47 Å². The number of benzene rings is 2. The summed E-state index contributed by atoms with van der Waals surface area (Å²) < 4.78 is 19.7. The van der Waals surface area contributed by atoms with Gasteiger partial charge in [0.05, 0.1) is 11.6 Å². The highest BCUT2D eigenvalue weighted by molar-refractivity contribution is 9.10. The number of halogens is 3. The van der Waals surface area contributed by atoms with Gasteiger partial charge in [-0.05, 0) is 39.7 Å². The van der Waals surface area contributed by atoms with Crippen LogP contribution in [0.2, 0.25) is 0 Å². The van der Waals surface area contributed by atoms with Gasteiger partial charge in [0.1, 0.15) is 17.7 Å². The Bertz CT molecular complexity index is 602. The third-order valence-electron chi connectivity index (χ3n) is 2.73. The van der Waals surface area contributed by atoms with Gasteiger partial charge in [-0.2, -0.15) is 0 Å². The van der Waals surface area contributed by atoms with Crippen molar-refractivity contribution in [3.8, 4) is 5.75 Å². The lowest BCUT2D eigenvalue weighted by Crippen LogP contribution is -2.03. The van der Waals surface area contributed by atoms with Crippen molar-refractivity contribution in [1.29, 1.82) is 0 Å². The van der Waals surface area contributed by atoms with E-state index in [1.165, 1.54) is 19.2 Å². The van der Waals surface area contributed by atoms with Gasteiger partial charge >= 0.3 is 0 Å². The van der Waals surface area contributed by atoms with Crippen LogP contribution in [0, 0.1) is 5.82 Å². The van der Waals surface area contributed by atoms with Crippen LogP contribution in [0.15, 0.2) is 45.3 Å². The first-order valence-corrected chi connectivity index (χ1v) is 7.08. The molecule has 1 N–H and O–H groups in total. The minimum Gasteiger partial charge on any atom is -0.496 e. The highest BCUT2D eigenvalue weighted by atomic mass is 79.9. The van der Waals surface area contributed by atoms with Crippen molar-refractivity contribution < 1.29 is 14.2 Å². The Kier molecular flexibility index (Phi) is 4.60. The lowest BCUT2D eigenvalue weighted by atomic mass is 10.0. The predicted molar refractivity (Wildman–Crippen MR) is 78.9 cm³/mol. The van der Waals surface area contributed by atoms with Gasteiger partial charge in [-0.3, -0.25) is 0 Å². The fourth-order valence-corrected chi connectivity index (χ4v) is 2.57. The monoisotopic (exact) mass is 388 g/mol. The molecule has 0 aromatic heterocycles. The van der Waals surface area contributed by atoms with Crippen molar-refractivity contribution in [2.24, 2.45) is 0 Å². The van der Waals surface area contributed by atoms with Gasteiger partial charge < -0.3 is 9.84 Å². The van der Waals surface area contributed by atoms with E-state index >= 15 is 0 Å². The summed E-state index contributed by atoms with van der Waals surface area (Å²) >= 11 is 6.47. The van der Waals surface area contributed by atoms with Gasteiger partial charge in [0.15, 0.2) is 0 Å². The Morgan fingerprint density at radius 1 is 1.21 bits per heavy atom. The average Bonchev–Trinajstić information content (AvgIpc) is 2.40. The predicted octanol–water partition coefficient (Wildman–Crippen LogP) is 4.44. The number of hydrogen-bond acceptors (Lipinski definition) is 2. The van der Waals surface area contributed by atoms with Crippen molar-refractivity contribution in [3.63, 3.8) is 0 Å². The highest BCUT2D eigenvalue weighted by Gasteiger charge is 2.18. The van der Waals surface area contributed by atoms with Crippen LogP contribution in [0.25, 0.3) is 0 Å². The largest absolute Gasteiger partial charge is 0.496 e. The molecule has 2 rings (SSSR count). The van der Waals surface area contributed by atoms with Crippen LogP contribution in [-0.4, -0.2) is 12.2 Å². The van der Waals surface area contributed by atoms with Crippen LogP contribution >= 0.6 is 31.9 Å². The standard InChI is InChI=1S/C14H11Br2FO2/c1-19-13-7-12(17)11(16)6-10(13)14(18)8-3-2-4-9(15)5-8/h2-7,14,18H,1H3. The zero-order valence-electron chi connectivity index (χ0n) is 10.0. The summed E-state index contributed by atoms with van der Waals surface area (Å²) in [6, 6.07) is 10.1. The third-order valence-corrected chi connectivity index (χ3v) is 3.83. The summed E-state index contributed by atoms with van der Waals surface area (Å²) in [6.07, 6.45) is -0.885. The molecule has 2 nitrogen and oxygen atoms in total. The van der Waals surface area contributed by atoms with E-state index in [0.29, 0.717) is 16.9 Å². The summed E-state index contributed by atoms with van der Waals surface area (Å²) in [7, 11) is 1.44. The van der Waals surface area contributed by atoms with Crippen LogP contribution < -0.4 is 4.74 Å². The fraction of sp³-hybridized carbons (Fsp3) is 0.143. The second-order valence-electron chi connectivity index (χ2n) is 3.97. The second-order valence-corrected chi connectivity index (χ2v) is 5.74. The molecule has 5 heteroatoms. The first-order chi connectivity index (χ1) is 9.02. The first kappa shape index (κ1) is 14.5. The molecule has 2 aromatic carbocycles. The Morgan fingerprint density at radius 3 is 2.58 bits per heavy atom. The minimum atomic E-state index is -0.885. The molecule has 0 saturated carbocycles. The molecule has 0 aliphatic carbocycles. The number of ether oxygens (including phenoxy) is 1. The molecular formula is C14H11Br2FO2. The molecule has 0 bridgehead atoms. The van der Waals surface area contributed by atoms with Crippen molar-refractivity contribution in [3.05, 3.63) is 62.3 Å². The zero-order valence-corrected chi connectivity index (χ0v) is 13.2. The van der Waals surface area contributed by atoms with Crippen LogP contribution in [0.5, 0.6) is 5.75 Å². The molecule has 0 fully saturated rings. The van der Waals surface area contributed by atoms with E-state index in [1.54, 1.807) is 12.1 Å². The van der Waals surface area contributed by atoms with Crippen LogP contribution in [-0.2, 0) is 0 Å². The van der Waals surface area contributed by atoms with Gasteiger partial charge in [0, 0.05) is 16.1 Å². The van der Waals surface area contributed by atoms with E-state index in [2.05, 4.69) is 31.9 Å². The van der Waals surface area contributed by atoms with Crippen LogP contribution in [0.3, 0.4) is 0 Å². The third kappa shape index (κ3) is 3.16. The normalized spacial score (nSPS) is 12.3. The molecule has 0 aliphatic heterocycles. The average molecular weight is 390 g/mol. The van der Waals surface area contributed by atoms with Gasteiger partial charge in [-0.15, -0.1) is 0 Å². The van der Waals surface area contributed by atoms with Gasteiger partial charge in [-0.1, -0.05) is 28.1 Å². The SMILES string of the molecule is COc1cc(F)c(Br)cc1C(O)c1cccc(Br)c1. The van der Waals surface area contributed by atoms with Gasteiger partial charge in [0.2, 0.25) is 0 Å². The lowest BCUT2D eigenvalue weighted by Gasteiger charge is -2.16. The van der Waals surface area contributed by atoms with Crippen molar-refractivity contribution in [1.82, 2.24) is 0 Å². The summed E-state index contributed by atoms with van der Waals surface area (Å²) in [5.74, 6) is -0.116. The molecule has 0 saturated heterocycles. The Hall–Kier alpha value is -0.910. The fourth-order valence-electron chi connectivity index (χ4n) is 1.79. The molecule has 19 heavy (non-hydrogen) atoms. The molecule has 1 unspecified atom stereocenters. The molecule has 0 heterocycles. The first-order valence-electron chi connectivity index (χ1n) is 5.49. The quantitative estimate of drug-likeness (QED) is 0.840. The summed E-state index contributed by atoms with van der Waals surface area (Å²) in [6.45, 7) is 0. The Labute approximate surface area is 127 Å². The molecule has 0 spiro atoms. The van der Waals surface area contributed by atoms with E-state index in [0.717, 1.165) is 4.47 Å². The lowest BCUT2D eigenvalue weighted by molar-refractivity contribution is 0.214. The second kappa shape index (κ2) is 6.03. The van der Waals surface area contributed by atoms with E-state index in [9.17, 15) is 9.50 Å². The maximum absolute atomic E-state index is 13.5. The van der Waals surface area contributed by atoms with Gasteiger partial charge in [0.25, 0.3) is 0 Å². The number of aliphatic hydroxyl groups is 1. The van der Waals surface area contributed by atoms with Crippen LogP contribution in [0.1, 0.15) is 17.2 Å². The van der Waals surface area contributed by atoms with Crippen LogP contribution in [0.4, 0.5) is 4.39 Å². The molecule has 0 aliphatic rings. The molecule has 2 aromatic rings. The van der Waals surface area contributed by atoms with E-state index in [1.807, 2.05) is 12.1 Å². The summed E-state index contributed by atoms with van der Waals surface area (Å²) in [5.41, 5.74) is 1.21. The molecule has 0 radical (unpaired) electrons.